The molecule has 3 rings (SSSR count). The van der Waals surface area contributed by atoms with E-state index in [2.05, 4.69) is 21.2 Å². The highest BCUT2D eigenvalue weighted by atomic mass is 19.1. The Balaban J connectivity index is 1.64. The summed E-state index contributed by atoms with van der Waals surface area (Å²) in [4.78, 5) is 40.2. The van der Waals surface area contributed by atoms with Gasteiger partial charge in [-0.15, -0.1) is 0 Å². The molecule has 0 radical (unpaired) electrons. The van der Waals surface area contributed by atoms with Crippen molar-refractivity contribution in [3.05, 3.63) is 78.1 Å². The Labute approximate surface area is 170 Å². The van der Waals surface area contributed by atoms with Gasteiger partial charge < -0.3 is 4.74 Å². The van der Waals surface area contributed by atoms with Crippen LogP contribution in [0.1, 0.15) is 27.8 Å². The van der Waals surface area contributed by atoms with Gasteiger partial charge in [-0.1, -0.05) is 6.07 Å². The number of carbonyl (C=O) groups is 3. The SMILES string of the molecule is CCOC(=O)Nc1cccc(C(=O)NNC(=O)c2cncn2-c2ccc(F)cc2)c1. The number of hydrogen-bond donors (Lipinski definition) is 3. The van der Waals surface area contributed by atoms with Crippen LogP contribution in [0, 0.1) is 5.82 Å². The smallest absolute Gasteiger partial charge is 0.411 e. The fourth-order valence-corrected chi connectivity index (χ4v) is 2.54. The zero-order valence-corrected chi connectivity index (χ0v) is 15.9. The Morgan fingerprint density at radius 1 is 1.07 bits per heavy atom. The topological polar surface area (TPSA) is 114 Å². The first kappa shape index (κ1) is 20.5. The van der Waals surface area contributed by atoms with Gasteiger partial charge in [0.15, 0.2) is 0 Å². The van der Waals surface area contributed by atoms with Gasteiger partial charge >= 0.3 is 6.09 Å². The van der Waals surface area contributed by atoms with Crippen molar-refractivity contribution < 1.29 is 23.5 Å². The van der Waals surface area contributed by atoms with Crippen molar-refractivity contribution in [3.63, 3.8) is 0 Å². The van der Waals surface area contributed by atoms with Crippen LogP contribution in [-0.4, -0.2) is 34.1 Å². The minimum Gasteiger partial charge on any atom is -0.450 e. The molecule has 0 aliphatic heterocycles. The van der Waals surface area contributed by atoms with E-state index in [1.165, 1.54) is 53.5 Å². The minimum atomic E-state index is -0.641. The van der Waals surface area contributed by atoms with Crippen LogP contribution in [0.3, 0.4) is 0 Å². The summed E-state index contributed by atoms with van der Waals surface area (Å²) in [7, 11) is 0. The molecule has 0 fully saturated rings. The van der Waals surface area contributed by atoms with E-state index in [-0.39, 0.29) is 17.9 Å². The van der Waals surface area contributed by atoms with Crippen molar-refractivity contribution in [2.75, 3.05) is 11.9 Å². The molecule has 0 unspecified atom stereocenters. The number of nitrogens with one attached hydrogen (secondary N) is 3. The number of carbonyl (C=O) groups excluding carboxylic acids is 3. The number of halogens is 1. The molecule has 0 saturated carbocycles. The molecule has 3 N–H and O–H groups in total. The van der Waals surface area contributed by atoms with E-state index in [1.807, 2.05) is 0 Å². The highest BCUT2D eigenvalue weighted by Crippen LogP contribution is 2.13. The fraction of sp³-hybridized carbons (Fsp3) is 0.100. The number of hydrogen-bond acceptors (Lipinski definition) is 5. The lowest BCUT2D eigenvalue weighted by atomic mass is 10.2. The molecular formula is C20H18FN5O4. The van der Waals surface area contributed by atoms with E-state index in [4.69, 9.17) is 4.74 Å². The van der Waals surface area contributed by atoms with Crippen LogP contribution in [0.2, 0.25) is 0 Å². The average Bonchev–Trinajstić information content (AvgIpc) is 3.22. The molecule has 0 aliphatic rings. The summed E-state index contributed by atoms with van der Waals surface area (Å²) < 4.78 is 19.3. The molecule has 30 heavy (non-hydrogen) atoms. The van der Waals surface area contributed by atoms with E-state index < -0.39 is 23.7 Å². The predicted molar refractivity (Wildman–Crippen MR) is 106 cm³/mol. The molecular weight excluding hydrogens is 393 g/mol. The highest BCUT2D eigenvalue weighted by molar-refractivity contribution is 5.99. The second-order valence-electron chi connectivity index (χ2n) is 5.96. The van der Waals surface area contributed by atoms with E-state index >= 15 is 0 Å². The van der Waals surface area contributed by atoms with Crippen molar-refractivity contribution in [1.82, 2.24) is 20.4 Å². The quantitative estimate of drug-likeness (QED) is 0.559. The largest absolute Gasteiger partial charge is 0.450 e. The molecule has 1 heterocycles. The van der Waals surface area contributed by atoms with Crippen LogP contribution in [-0.2, 0) is 4.74 Å². The number of imidazole rings is 1. The van der Waals surface area contributed by atoms with Crippen molar-refractivity contribution in [2.45, 2.75) is 6.92 Å². The predicted octanol–water partition coefficient (Wildman–Crippen LogP) is 2.65. The van der Waals surface area contributed by atoms with Crippen LogP contribution >= 0.6 is 0 Å². The maximum atomic E-state index is 13.1. The standard InChI is InChI=1S/C20H18FN5O4/c1-2-30-20(29)23-15-5-3-4-13(10-15)18(27)24-25-19(28)17-11-22-12-26(17)16-8-6-14(21)7-9-16/h3-12H,2H2,1H3,(H,23,29)(H,24,27)(H,25,28). The molecule has 2 aromatic carbocycles. The van der Waals surface area contributed by atoms with Gasteiger partial charge in [-0.2, -0.15) is 0 Å². The summed E-state index contributed by atoms with van der Waals surface area (Å²) in [6.45, 7) is 1.89. The number of ether oxygens (including phenoxy) is 1. The van der Waals surface area contributed by atoms with Crippen molar-refractivity contribution in [3.8, 4) is 5.69 Å². The summed E-state index contributed by atoms with van der Waals surface area (Å²) in [5.74, 6) is -1.62. The van der Waals surface area contributed by atoms with E-state index in [1.54, 1.807) is 19.1 Å². The van der Waals surface area contributed by atoms with Crippen LogP contribution in [0.4, 0.5) is 14.9 Å². The Morgan fingerprint density at radius 3 is 2.53 bits per heavy atom. The van der Waals surface area contributed by atoms with E-state index in [9.17, 15) is 18.8 Å². The van der Waals surface area contributed by atoms with Gasteiger partial charge in [0.1, 0.15) is 11.5 Å². The number of nitrogens with zero attached hydrogens (tertiary/aromatic N) is 2. The van der Waals surface area contributed by atoms with E-state index in [0.29, 0.717) is 11.4 Å². The highest BCUT2D eigenvalue weighted by Gasteiger charge is 2.15. The maximum absolute atomic E-state index is 13.1. The molecule has 10 heteroatoms. The van der Waals surface area contributed by atoms with Gasteiger partial charge in [0.2, 0.25) is 0 Å². The maximum Gasteiger partial charge on any atom is 0.411 e. The third-order valence-corrected chi connectivity index (χ3v) is 3.91. The molecule has 154 valence electrons. The van der Waals surface area contributed by atoms with Gasteiger partial charge in [-0.25, -0.2) is 14.2 Å². The first-order valence-electron chi connectivity index (χ1n) is 8.90. The van der Waals surface area contributed by atoms with Crippen LogP contribution in [0.5, 0.6) is 0 Å². The third-order valence-electron chi connectivity index (χ3n) is 3.91. The van der Waals surface area contributed by atoms with Crippen LogP contribution < -0.4 is 16.2 Å². The number of rotatable bonds is 5. The van der Waals surface area contributed by atoms with E-state index in [0.717, 1.165) is 0 Å². The zero-order valence-electron chi connectivity index (χ0n) is 15.9. The van der Waals surface area contributed by atoms with Crippen molar-refractivity contribution >= 4 is 23.6 Å². The number of hydrazine groups is 1. The van der Waals surface area contributed by atoms with Crippen molar-refractivity contribution in [1.29, 1.82) is 0 Å². The second kappa shape index (κ2) is 9.32. The molecule has 9 nitrogen and oxygen atoms in total. The number of benzene rings is 2. The number of anilines is 1. The summed E-state index contributed by atoms with van der Waals surface area (Å²) in [6.07, 6.45) is 2.07. The monoisotopic (exact) mass is 411 g/mol. The third kappa shape index (κ3) is 4.98. The lowest BCUT2D eigenvalue weighted by Gasteiger charge is -2.11. The normalized spacial score (nSPS) is 10.2. The molecule has 1 aromatic heterocycles. The van der Waals surface area contributed by atoms with Crippen molar-refractivity contribution in [2.24, 2.45) is 0 Å². The fourth-order valence-electron chi connectivity index (χ4n) is 2.54. The number of aromatic nitrogens is 2. The molecule has 0 bridgehead atoms. The minimum absolute atomic E-state index is 0.139. The Bertz CT molecular complexity index is 1070. The summed E-state index contributed by atoms with van der Waals surface area (Å²) >= 11 is 0. The second-order valence-corrected chi connectivity index (χ2v) is 5.96. The number of amides is 3. The van der Waals surface area contributed by atoms with Gasteiger partial charge in [-0.3, -0.25) is 30.3 Å². The Kier molecular flexibility index (Phi) is 6.38. The van der Waals surface area contributed by atoms with Crippen LogP contribution in [0.15, 0.2) is 61.1 Å². The average molecular weight is 411 g/mol. The molecule has 0 saturated heterocycles. The molecule has 3 amide bonds. The van der Waals surface area contributed by atoms with Gasteiger partial charge in [-0.05, 0) is 49.4 Å². The summed E-state index contributed by atoms with van der Waals surface area (Å²) in [5.41, 5.74) is 5.83. The van der Waals surface area contributed by atoms with Crippen LogP contribution in [0.25, 0.3) is 5.69 Å². The molecule has 0 atom stereocenters. The van der Waals surface area contributed by atoms with Gasteiger partial charge in [0, 0.05) is 16.9 Å². The first-order valence-corrected chi connectivity index (χ1v) is 8.90. The lowest BCUT2D eigenvalue weighted by molar-refractivity contribution is 0.0843. The molecule has 0 spiro atoms. The Hall–Kier alpha value is -4.21. The zero-order chi connectivity index (χ0) is 21.5. The first-order chi connectivity index (χ1) is 14.5. The Morgan fingerprint density at radius 2 is 1.80 bits per heavy atom. The summed E-state index contributed by atoms with van der Waals surface area (Å²) in [6, 6.07) is 11.6. The molecule has 3 aromatic rings. The summed E-state index contributed by atoms with van der Waals surface area (Å²) in [5, 5.41) is 2.49. The van der Waals surface area contributed by atoms with Gasteiger partial charge in [0.25, 0.3) is 11.8 Å². The lowest BCUT2D eigenvalue weighted by Crippen LogP contribution is -2.42. The molecule has 0 aliphatic carbocycles. The van der Waals surface area contributed by atoms with Gasteiger partial charge in [0.05, 0.1) is 19.1 Å².